The number of amides is 5. The molecule has 43 heavy (non-hydrogen) atoms. The normalized spacial score (nSPS) is 29.7. The number of nitrogens with zero attached hydrogens (tertiary/aromatic N) is 2. The van der Waals surface area contributed by atoms with E-state index < -0.39 is 70.5 Å². The molecule has 6 rings (SSSR count). The molecule has 0 aromatic heterocycles. The molecule has 0 bridgehead atoms. The quantitative estimate of drug-likeness (QED) is 0.388. The van der Waals surface area contributed by atoms with Crippen LogP contribution in [0.25, 0.3) is 0 Å². The molecule has 1 saturated carbocycles. The van der Waals surface area contributed by atoms with E-state index in [9.17, 15) is 33.5 Å². The van der Waals surface area contributed by atoms with E-state index >= 15 is 0 Å². The van der Waals surface area contributed by atoms with E-state index in [-0.39, 0.29) is 29.3 Å². The van der Waals surface area contributed by atoms with Gasteiger partial charge in [0.25, 0.3) is 0 Å². The summed E-state index contributed by atoms with van der Waals surface area (Å²) in [5.41, 5.74) is 0.263. The average Bonchev–Trinajstić information content (AvgIpc) is 3.35. The van der Waals surface area contributed by atoms with Crippen LogP contribution in [-0.2, 0) is 30.3 Å². The van der Waals surface area contributed by atoms with Gasteiger partial charge in [0.05, 0.1) is 41.0 Å². The van der Waals surface area contributed by atoms with Crippen molar-refractivity contribution < 1.29 is 38.2 Å². The number of carbonyl (C=O) groups excluding carboxylic acids is 5. The summed E-state index contributed by atoms with van der Waals surface area (Å²) in [7, 11) is 1.08. The first-order chi connectivity index (χ1) is 20.5. The number of aromatic hydroxyl groups is 1. The number of anilines is 1. The smallest absolute Gasteiger partial charge is 0.423 e. The van der Waals surface area contributed by atoms with E-state index in [4.69, 9.17) is 16.3 Å². The molecule has 6 unspecified atom stereocenters. The van der Waals surface area contributed by atoms with Gasteiger partial charge in [-0.05, 0) is 55.9 Å². The first-order valence-corrected chi connectivity index (χ1v) is 14.3. The van der Waals surface area contributed by atoms with E-state index in [1.165, 1.54) is 12.1 Å². The SMILES string of the molecule is C=CCc1cccc(C2C3=CCC4C(=O)N(C(=O)OC)C(=O)C4C3CC3C(=O)N(c4ccc(F)c(Cl)c4)C(=O)C32C)c1O. The van der Waals surface area contributed by atoms with Crippen molar-refractivity contribution in [2.45, 2.75) is 32.1 Å². The lowest BCUT2D eigenvalue weighted by Crippen LogP contribution is -2.49. The number of carbonyl (C=O) groups is 5. The fraction of sp³-hybridized carbons (Fsp3) is 0.344. The summed E-state index contributed by atoms with van der Waals surface area (Å²) in [5.74, 6) is -7.64. The number of hydrogen-bond donors (Lipinski definition) is 1. The summed E-state index contributed by atoms with van der Waals surface area (Å²) in [6, 6.07) is 8.73. The van der Waals surface area contributed by atoms with Crippen LogP contribution in [0.5, 0.6) is 5.75 Å². The van der Waals surface area contributed by atoms with Crippen molar-refractivity contribution in [1.29, 1.82) is 0 Å². The molecule has 0 spiro atoms. The molecule has 6 atom stereocenters. The van der Waals surface area contributed by atoms with Crippen LogP contribution in [0.4, 0.5) is 14.9 Å². The maximum absolute atomic E-state index is 14.4. The number of para-hydroxylation sites is 1. The van der Waals surface area contributed by atoms with Crippen molar-refractivity contribution in [2.24, 2.45) is 29.1 Å². The summed E-state index contributed by atoms with van der Waals surface area (Å²) >= 11 is 6.02. The number of ether oxygens (including phenoxy) is 1. The van der Waals surface area contributed by atoms with Gasteiger partial charge in [-0.25, -0.2) is 14.1 Å². The Morgan fingerprint density at radius 2 is 1.91 bits per heavy atom. The third kappa shape index (κ3) is 3.92. The highest BCUT2D eigenvalue weighted by molar-refractivity contribution is 6.31. The Kier molecular flexibility index (Phi) is 6.80. The lowest BCUT2D eigenvalue weighted by molar-refractivity contribution is -0.138. The lowest BCUT2D eigenvalue weighted by atomic mass is 9.51. The molecule has 2 saturated heterocycles. The largest absolute Gasteiger partial charge is 0.507 e. The molecule has 2 heterocycles. The minimum atomic E-state index is -1.43. The number of hydrogen-bond acceptors (Lipinski definition) is 7. The zero-order valence-electron chi connectivity index (χ0n) is 23.4. The van der Waals surface area contributed by atoms with E-state index in [1.807, 2.05) is 0 Å². The Bertz CT molecular complexity index is 1670. The third-order valence-electron chi connectivity index (χ3n) is 9.62. The van der Waals surface area contributed by atoms with Gasteiger partial charge in [0, 0.05) is 11.5 Å². The van der Waals surface area contributed by atoms with Gasteiger partial charge in [-0.3, -0.25) is 19.2 Å². The molecule has 222 valence electrons. The summed E-state index contributed by atoms with van der Waals surface area (Å²) in [4.78, 5) is 69.3. The summed E-state index contributed by atoms with van der Waals surface area (Å²) in [6.07, 6.45) is 2.86. The third-order valence-corrected chi connectivity index (χ3v) is 9.91. The molecule has 2 aliphatic heterocycles. The predicted octanol–water partition coefficient (Wildman–Crippen LogP) is 4.91. The van der Waals surface area contributed by atoms with E-state index in [0.717, 1.165) is 18.1 Å². The van der Waals surface area contributed by atoms with Crippen LogP contribution in [0, 0.1) is 34.9 Å². The summed E-state index contributed by atoms with van der Waals surface area (Å²) < 4.78 is 18.7. The first-order valence-electron chi connectivity index (χ1n) is 13.9. The molecular weight excluding hydrogens is 579 g/mol. The Morgan fingerprint density at radius 3 is 2.58 bits per heavy atom. The van der Waals surface area contributed by atoms with Gasteiger partial charge in [0.2, 0.25) is 23.6 Å². The zero-order valence-corrected chi connectivity index (χ0v) is 24.1. The minimum Gasteiger partial charge on any atom is -0.507 e. The monoisotopic (exact) mass is 606 g/mol. The number of rotatable bonds is 4. The van der Waals surface area contributed by atoms with Gasteiger partial charge in [0.1, 0.15) is 11.6 Å². The van der Waals surface area contributed by atoms with E-state index in [1.54, 1.807) is 37.3 Å². The van der Waals surface area contributed by atoms with Gasteiger partial charge in [-0.2, -0.15) is 4.90 Å². The Morgan fingerprint density at radius 1 is 1.16 bits per heavy atom. The molecule has 5 amide bonds. The second kappa shape index (κ2) is 10.2. The van der Waals surface area contributed by atoms with Crippen LogP contribution in [0.15, 0.2) is 60.7 Å². The average molecular weight is 607 g/mol. The predicted molar refractivity (Wildman–Crippen MR) is 152 cm³/mol. The fourth-order valence-electron chi connectivity index (χ4n) is 7.67. The standard InChI is InChI=1S/C32H28ClFN2O7/c1-4-6-15-7-5-8-19(26(15)37)25-17-10-11-18-24(29(40)36(27(18)38)31(42)43-3)20(17)14-21-28(39)35(30(41)32(21,25)2)16-9-12-23(34)22(33)13-16/h4-5,7-10,12-13,18,20-21,24-25,37H,1,6,11,14H2,2-3H3. The number of allylic oxidation sites excluding steroid dienone is 3. The Balaban J connectivity index is 1.54. The minimum absolute atomic E-state index is 0.0388. The van der Waals surface area contributed by atoms with Crippen molar-refractivity contribution in [3.63, 3.8) is 0 Å². The summed E-state index contributed by atoms with van der Waals surface area (Å²) in [6.45, 7) is 5.42. The van der Waals surface area contributed by atoms with Crippen molar-refractivity contribution >= 4 is 47.0 Å². The van der Waals surface area contributed by atoms with Crippen LogP contribution < -0.4 is 4.90 Å². The van der Waals surface area contributed by atoms with Gasteiger partial charge in [0.15, 0.2) is 0 Å². The van der Waals surface area contributed by atoms with Crippen LogP contribution >= 0.6 is 11.6 Å². The molecular formula is C32H28ClFN2O7. The zero-order chi connectivity index (χ0) is 31.0. The maximum Gasteiger partial charge on any atom is 0.423 e. The van der Waals surface area contributed by atoms with E-state index in [2.05, 4.69) is 6.58 Å². The highest BCUT2D eigenvalue weighted by Gasteiger charge is 2.68. The lowest BCUT2D eigenvalue weighted by Gasteiger charge is -2.49. The molecule has 2 aromatic rings. The van der Waals surface area contributed by atoms with Gasteiger partial charge < -0.3 is 9.84 Å². The van der Waals surface area contributed by atoms with Crippen molar-refractivity contribution in [3.8, 4) is 5.75 Å². The van der Waals surface area contributed by atoms with E-state index in [0.29, 0.717) is 28.0 Å². The fourth-order valence-corrected chi connectivity index (χ4v) is 7.84. The highest BCUT2D eigenvalue weighted by atomic mass is 35.5. The topological polar surface area (TPSA) is 121 Å². The molecule has 2 aliphatic carbocycles. The highest BCUT2D eigenvalue weighted by Crippen LogP contribution is 2.64. The Hall–Kier alpha value is -4.31. The molecule has 4 aliphatic rings. The first kappa shape index (κ1) is 28.8. The van der Waals surface area contributed by atoms with Gasteiger partial charge in [-0.15, -0.1) is 6.58 Å². The van der Waals surface area contributed by atoms with Crippen LogP contribution in [0.3, 0.4) is 0 Å². The van der Waals surface area contributed by atoms with Crippen molar-refractivity contribution in [1.82, 2.24) is 4.90 Å². The number of methoxy groups -OCH3 is 1. The number of phenolic OH excluding ortho intramolecular Hbond substituents is 1. The number of phenols is 1. The van der Waals surface area contributed by atoms with Gasteiger partial charge >= 0.3 is 6.09 Å². The molecule has 1 N–H and O–H groups in total. The second-order valence-corrected chi connectivity index (χ2v) is 12.0. The van der Waals surface area contributed by atoms with Gasteiger partial charge in [-0.1, -0.05) is 47.5 Å². The number of likely N-dealkylation sites (tertiary alicyclic amines) is 1. The number of halogens is 2. The number of imide groups is 4. The van der Waals surface area contributed by atoms with Crippen LogP contribution in [-0.4, -0.2) is 46.8 Å². The molecule has 11 heteroatoms. The Labute approximate surface area is 251 Å². The molecule has 3 fully saturated rings. The second-order valence-electron chi connectivity index (χ2n) is 11.6. The summed E-state index contributed by atoms with van der Waals surface area (Å²) in [5, 5.41) is 11.2. The van der Waals surface area contributed by atoms with Crippen LogP contribution in [0.2, 0.25) is 5.02 Å². The van der Waals surface area contributed by atoms with Crippen molar-refractivity contribution in [2.75, 3.05) is 12.0 Å². The molecule has 2 aromatic carbocycles. The number of fused-ring (bicyclic) bond motifs is 4. The van der Waals surface area contributed by atoms with Crippen LogP contribution in [0.1, 0.15) is 36.8 Å². The molecule has 9 nitrogen and oxygen atoms in total. The number of benzene rings is 2. The molecule has 0 radical (unpaired) electrons. The maximum atomic E-state index is 14.4. The van der Waals surface area contributed by atoms with Crippen molar-refractivity contribution in [3.05, 3.63) is 82.7 Å².